The molecule has 3 rings (SSSR count). The van der Waals surface area contributed by atoms with E-state index < -0.39 is 11.8 Å². The lowest BCUT2D eigenvalue weighted by atomic mass is 10.1. The second kappa shape index (κ2) is 6.00. The lowest BCUT2D eigenvalue weighted by Crippen LogP contribution is -2.43. The monoisotopic (exact) mass is 305 g/mol. The van der Waals surface area contributed by atoms with Gasteiger partial charge in [0, 0.05) is 12.5 Å². The Balaban J connectivity index is 1.61. The number of halogens is 1. The van der Waals surface area contributed by atoms with Crippen LogP contribution in [0.5, 0.6) is 5.75 Å². The summed E-state index contributed by atoms with van der Waals surface area (Å²) in [6.45, 7) is 0.559. The number of nitrogens with zero attached hydrogens (tertiary/aromatic N) is 3. The standard InChI is InChI=1S/C14H16FN5O2/c1-22-10-3-4-11(15)12(6-10)19-14(21)18-9-2-5-13-16-8-17-20(13)7-9/h3-4,6,8-9H,2,5,7H2,1H3,(H2,18,19,21)/t9-/m1/s1. The molecule has 1 aliphatic heterocycles. The second-order valence-corrected chi connectivity index (χ2v) is 5.04. The first kappa shape index (κ1) is 14.3. The first-order chi connectivity index (χ1) is 10.7. The number of carbonyl (C=O) groups is 1. The predicted molar refractivity (Wildman–Crippen MR) is 77.2 cm³/mol. The van der Waals surface area contributed by atoms with Crippen molar-refractivity contribution in [1.29, 1.82) is 0 Å². The van der Waals surface area contributed by atoms with E-state index in [-0.39, 0.29) is 11.7 Å². The van der Waals surface area contributed by atoms with Crippen molar-refractivity contribution in [3.05, 3.63) is 36.2 Å². The minimum atomic E-state index is -0.516. The molecule has 0 unspecified atom stereocenters. The van der Waals surface area contributed by atoms with Crippen LogP contribution in [0.1, 0.15) is 12.2 Å². The number of hydrogen-bond donors (Lipinski definition) is 2. The van der Waals surface area contributed by atoms with E-state index in [2.05, 4.69) is 20.7 Å². The number of benzene rings is 1. The second-order valence-electron chi connectivity index (χ2n) is 5.04. The van der Waals surface area contributed by atoms with Crippen molar-refractivity contribution in [3.8, 4) is 5.75 Å². The maximum Gasteiger partial charge on any atom is 0.319 e. The van der Waals surface area contributed by atoms with Crippen LogP contribution in [0.2, 0.25) is 0 Å². The minimum absolute atomic E-state index is 0.0668. The van der Waals surface area contributed by atoms with E-state index in [1.54, 1.807) is 4.68 Å². The van der Waals surface area contributed by atoms with Gasteiger partial charge in [0.05, 0.1) is 25.4 Å². The van der Waals surface area contributed by atoms with Crippen LogP contribution in [0.4, 0.5) is 14.9 Å². The van der Waals surface area contributed by atoms with Gasteiger partial charge in [-0.25, -0.2) is 18.9 Å². The van der Waals surface area contributed by atoms with Gasteiger partial charge in [0.25, 0.3) is 0 Å². The van der Waals surface area contributed by atoms with E-state index in [4.69, 9.17) is 4.74 Å². The fourth-order valence-corrected chi connectivity index (χ4v) is 2.43. The van der Waals surface area contributed by atoms with Crippen molar-refractivity contribution in [1.82, 2.24) is 20.1 Å². The van der Waals surface area contributed by atoms with Crippen LogP contribution in [0.3, 0.4) is 0 Å². The third kappa shape index (κ3) is 3.00. The zero-order valence-electron chi connectivity index (χ0n) is 12.0. The highest BCUT2D eigenvalue weighted by molar-refractivity contribution is 5.89. The van der Waals surface area contributed by atoms with E-state index >= 15 is 0 Å². The summed E-state index contributed by atoms with van der Waals surface area (Å²) in [5, 5.41) is 9.41. The maximum absolute atomic E-state index is 13.7. The number of amides is 2. The number of carbonyl (C=O) groups excluding carboxylic acids is 1. The molecule has 0 fully saturated rings. The molecule has 0 bridgehead atoms. The van der Waals surface area contributed by atoms with Crippen molar-refractivity contribution in [3.63, 3.8) is 0 Å². The Kier molecular flexibility index (Phi) is 3.90. The molecule has 2 heterocycles. The van der Waals surface area contributed by atoms with Crippen LogP contribution in [-0.4, -0.2) is 33.9 Å². The molecule has 2 N–H and O–H groups in total. The highest BCUT2D eigenvalue weighted by Crippen LogP contribution is 2.21. The molecule has 1 aromatic carbocycles. The molecular formula is C14H16FN5O2. The molecule has 7 nitrogen and oxygen atoms in total. The number of hydrogen-bond acceptors (Lipinski definition) is 4. The quantitative estimate of drug-likeness (QED) is 0.902. The molecule has 0 saturated carbocycles. The number of urea groups is 1. The van der Waals surface area contributed by atoms with Gasteiger partial charge in [-0.1, -0.05) is 0 Å². The van der Waals surface area contributed by atoms with Crippen molar-refractivity contribution in [2.75, 3.05) is 12.4 Å². The van der Waals surface area contributed by atoms with E-state index in [0.29, 0.717) is 12.3 Å². The van der Waals surface area contributed by atoms with Crippen molar-refractivity contribution in [2.45, 2.75) is 25.4 Å². The molecule has 2 aromatic rings. The molecule has 1 atom stereocenters. The maximum atomic E-state index is 13.7. The minimum Gasteiger partial charge on any atom is -0.497 e. The molecule has 0 radical (unpaired) electrons. The summed E-state index contributed by atoms with van der Waals surface area (Å²) < 4.78 is 20.5. The predicted octanol–water partition coefficient (Wildman–Crippen LogP) is 1.56. The van der Waals surface area contributed by atoms with Crippen LogP contribution in [0.15, 0.2) is 24.5 Å². The van der Waals surface area contributed by atoms with Gasteiger partial charge in [0.2, 0.25) is 0 Å². The van der Waals surface area contributed by atoms with Crippen molar-refractivity contribution < 1.29 is 13.9 Å². The smallest absolute Gasteiger partial charge is 0.319 e. The highest BCUT2D eigenvalue weighted by atomic mass is 19.1. The Morgan fingerprint density at radius 2 is 2.36 bits per heavy atom. The number of rotatable bonds is 3. The van der Waals surface area contributed by atoms with E-state index in [1.807, 2.05) is 0 Å². The van der Waals surface area contributed by atoms with Crippen molar-refractivity contribution in [2.24, 2.45) is 0 Å². The zero-order valence-corrected chi connectivity index (χ0v) is 12.0. The Hall–Kier alpha value is -2.64. The van der Waals surface area contributed by atoms with E-state index in [9.17, 15) is 9.18 Å². The van der Waals surface area contributed by atoms with Gasteiger partial charge in [-0.2, -0.15) is 5.10 Å². The summed E-state index contributed by atoms with van der Waals surface area (Å²) in [5.74, 6) is 0.872. The van der Waals surface area contributed by atoms with E-state index in [0.717, 1.165) is 18.7 Å². The topological polar surface area (TPSA) is 81.1 Å². The number of methoxy groups -OCH3 is 1. The lowest BCUT2D eigenvalue weighted by Gasteiger charge is -2.23. The normalized spacial score (nSPS) is 16.7. The van der Waals surface area contributed by atoms with E-state index in [1.165, 1.54) is 31.6 Å². The number of ether oxygens (including phenoxy) is 1. The number of fused-ring (bicyclic) bond motifs is 1. The Morgan fingerprint density at radius 1 is 1.50 bits per heavy atom. The first-order valence-electron chi connectivity index (χ1n) is 6.93. The Bertz CT molecular complexity index is 688. The largest absolute Gasteiger partial charge is 0.497 e. The summed E-state index contributed by atoms with van der Waals surface area (Å²) in [5.41, 5.74) is 0.0779. The molecular weight excluding hydrogens is 289 g/mol. The molecule has 22 heavy (non-hydrogen) atoms. The van der Waals surface area contributed by atoms with Crippen molar-refractivity contribution >= 4 is 11.7 Å². The number of anilines is 1. The molecule has 8 heteroatoms. The lowest BCUT2D eigenvalue weighted by molar-refractivity contribution is 0.243. The van der Waals surface area contributed by atoms with Gasteiger partial charge in [-0.3, -0.25) is 0 Å². The summed E-state index contributed by atoms with van der Waals surface area (Å²) in [7, 11) is 1.48. The molecule has 0 spiro atoms. The molecule has 0 aliphatic carbocycles. The molecule has 2 amide bonds. The average molecular weight is 305 g/mol. The van der Waals surface area contributed by atoms with Crippen LogP contribution >= 0.6 is 0 Å². The average Bonchev–Trinajstić information content (AvgIpc) is 2.97. The summed E-state index contributed by atoms with van der Waals surface area (Å²) in [6, 6.07) is 3.65. The summed E-state index contributed by atoms with van der Waals surface area (Å²) in [6.07, 6.45) is 3.02. The number of aromatic nitrogens is 3. The summed E-state index contributed by atoms with van der Waals surface area (Å²) >= 11 is 0. The van der Waals surface area contributed by atoms with Gasteiger partial charge >= 0.3 is 6.03 Å². The number of aryl methyl sites for hydroxylation is 1. The van der Waals surface area contributed by atoms with Crippen LogP contribution in [0.25, 0.3) is 0 Å². The highest BCUT2D eigenvalue weighted by Gasteiger charge is 2.21. The molecule has 1 aromatic heterocycles. The number of nitrogens with one attached hydrogen (secondary N) is 2. The first-order valence-corrected chi connectivity index (χ1v) is 6.93. The molecule has 1 aliphatic rings. The third-order valence-corrected chi connectivity index (χ3v) is 3.56. The third-order valence-electron chi connectivity index (χ3n) is 3.56. The Morgan fingerprint density at radius 3 is 3.18 bits per heavy atom. The fraction of sp³-hybridized carbons (Fsp3) is 0.357. The van der Waals surface area contributed by atoms with Gasteiger partial charge in [0.15, 0.2) is 0 Å². The van der Waals surface area contributed by atoms with Crippen LogP contribution in [0, 0.1) is 5.82 Å². The van der Waals surface area contributed by atoms with Gasteiger partial charge in [-0.15, -0.1) is 0 Å². The van der Waals surface area contributed by atoms with Gasteiger partial charge in [0.1, 0.15) is 23.7 Å². The van der Waals surface area contributed by atoms with Crippen LogP contribution in [-0.2, 0) is 13.0 Å². The van der Waals surface area contributed by atoms with Gasteiger partial charge in [-0.05, 0) is 18.6 Å². The SMILES string of the molecule is COc1ccc(F)c(NC(=O)N[C@@H]2CCc3ncnn3C2)c1. The summed E-state index contributed by atoms with van der Waals surface area (Å²) in [4.78, 5) is 16.1. The zero-order chi connectivity index (χ0) is 15.5. The Labute approximate surface area is 126 Å². The van der Waals surface area contributed by atoms with Gasteiger partial charge < -0.3 is 15.4 Å². The van der Waals surface area contributed by atoms with Crippen LogP contribution < -0.4 is 15.4 Å². The molecule has 0 saturated heterocycles. The molecule has 116 valence electrons. The fourth-order valence-electron chi connectivity index (χ4n) is 2.43.